The predicted octanol–water partition coefficient (Wildman–Crippen LogP) is 0.622. The summed E-state index contributed by atoms with van der Waals surface area (Å²) in [6, 6.07) is 0. The Kier molecular flexibility index (Phi) is 5.98. The fourth-order valence-electron chi connectivity index (χ4n) is 2.56. The van der Waals surface area contributed by atoms with Crippen LogP contribution in [0.15, 0.2) is 0 Å². The Bertz CT molecular complexity index is 381. The third-order valence-corrected chi connectivity index (χ3v) is 3.70. The molecule has 3 unspecified atom stereocenters. The van der Waals surface area contributed by atoms with Crippen LogP contribution in [0.4, 0.5) is 0 Å². The van der Waals surface area contributed by atoms with Crippen LogP contribution in [0.5, 0.6) is 0 Å². The van der Waals surface area contributed by atoms with Crippen LogP contribution >= 0.6 is 0 Å². The average molecular weight is 284 g/mol. The summed E-state index contributed by atoms with van der Waals surface area (Å²) < 4.78 is 0. The summed E-state index contributed by atoms with van der Waals surface area (Å²) in [4.78, 5) is 34.4. The summed E-state index contributed by atoms with van der Waals surface area (Å²) in [5.41, 5.74) is 0. The van der Waals surface area contributed by atoms with Gasteiger partial charge in [-0.15, -0.1) is 0 Å². The second kappa shape index (κ2) is 7.26. The normalized spacial score (nSPS) is 25.5. The van der Waals surface area contributed by atoms with E-state index in [0.717, 1.165) is 0 Å². The molecule has 0 radical (unpaired) electrons. The largest absolute Gasteiger partial charge is 0.481 e. The SMILES string of the molecule is CC1CC(C(=O)O)C(C(=O)NCCNC(=O)C(C)C)C1. The molecule has 3 N–H and O–H groups in total. The van der Waals surface area contributed by atoms with Crippen molar-refractivity contribution in [3.05, 3.63) is 0 Å². The van der Waals surface area contributed by atoms with Crippen molar-refractivity contribution in [3.63, 3.8) is 0 Å². The fourth-order valence-corrected chi connectivity index (χ4v) is 2.56. The second-order valence-corrected chi connectivity index (χ2v) is 5.86. The van der Waals surface area contributed by atoms with Gasteiger partial charge in [-0.2, -0.15) is 0 Å². The van der Waals surface area contributed by atoms with E-state index in [1.54, 1.807) is 13.8 Å². The zero-order chi connectivity index (χ0) is 15.3. The molecule has 0 aromatic heterocycles. The Morgan fingerprint density at radius 2 is 1.65 bits per heavy atom. The van der Waals surface area contributed by atoms with Crippen LogP contribution in [-0.2, 0) is 14.4 Å². The number of carboxylic acid groups (broad SMARTS) is 1. The quantitative estimate of drug-likeness (QED) is 0.623. The van der Waals surface area contributed by atoms with Crippen LogP contribution in [0, 0.1) is 23.7 Å². The van der Waals surface area contributed by atoms with Gasteiger partial charge in [0.15, 0.2) is 0 Å². The van der Waals surface area contributed by atoms with Gasteiger partial charge in [0.05, 0.1) is 11.8 Å². The van der Waals surface area contributed by atoms with Gasteiger partial charge in [0.1, 0.15) is 0 Å². The molecular weight excluding hydrogens is 260 g/mol. The summed E-state index contributed by atoms with van der Waals surface area (Å²) in [6.45, 7) is 6.25. The fraction of sp³-hybridized carbons (Fsp3) is 0.786. The zero-order valence-corrected chi connectivity index (χ0v) is 12.3. The first-order valence-corrected chi connectivity index (χ1v) is 7.11. The molecule has 2 amide bonds. The highest BCUT2D eigenvalue weighted by Crippen LogP contribution is 2.36. The minimum atomic E-state index is -0.900. The molecule has 0 aliphatic heterocycles. The van der Waals surface area contributed by atoms with Crippen molar-refractivity contribution >= 4 is 17.8 Å². The van der Waals surface area contributed by atoms with Gasteiger partial charge in [0, 0.05) is 19.0 Å². The van der Waals surface area contributed by atoms with Gasteiger partial charge in [0.25, 0.3) is 0 Å². The molecule has 20 heavy (non-hydrogen) atoms. The van der Waals surface area contributed by atoms with Gasteiger partial charge in [-0.05, 0) is 18.8 Å². The van der Waals surface area contributed by atoms with Crippen LogP contribution in [0.3, 0.4) is 0 Å². The Labute approximate surface area is 119 Å². The van der Waals surface area contributed by atoms with Crippen molar-refractivity contribution < 1.29 is 19.5 Å². The lowest BCUT2D eigenvalue weighted by atomic mass is 9.95. The lowest BCUT2D eigenvalue weighted by Gasteiger charge is -2.16. The molecule has 1 aliphatic rings. The van der Waals surface area contributed by atoms with Gasteiger partial charge >= 0.3 is 5.97 Å². The molecule has 0 aromatic carbocycles. The number of nitrogens with one attached hydrogen (secondary N) is 2. The number of rotatable bonds is 6. The molecule has 6 heteroatoms. The number of aliphatic carboxylic acids is 1. The van der Waals surface area contributed by atoms with Gasteiger partial charge in [0.2, 0.25) is 11.8 Å². The Hall–Kier alpha value is -1.59. The molecule has 0 saturated heterocycles. The van der Waals surface area contributed by atoms with Gasteiger partial charge in [-0.3, -0.25) is 14.4 Å². The number of carbonyl (C=O) groups excluding carboxylic acids is 2. The van der Waals surface area contributed by atoms with E-state index in [1.165, 1.54) is 0 Å². The topological polar surface area (TPSA) is 95.5 Å². The Balaban J connectivity index is 2.35. The van der Waals surface area contributed by atoms with E-state index in [2.05, 4.69) is 10.6 Å². The van der Waals surface area contributed by atoms with Crippen LogP contribution in [-0.4, -0.2) is 36.0 Å². The lowest BCUT2D eigenvalue weighted by molar-refractivity contribution is -0.146. The third kappa shape index (κ3) is 4.51. The van der Waals surface area contributed by atoms with Crippen LogP contribution in [0.2, 0.25) is 0 Å². The molecule has 1 saturated carbocycles. The summed E-state index contributed by atoms with van der Waals surface area (Å²) in [7, 11) is 0. The zero-order valence-electron chi connectivity index (χ0n) is 12.3. The van der Waals surface area contributed by atoms with Crippen LogP contribution in [0.25, 0.3) is 0 Å². The smallest absolute Gasteiger partial charge is 0.307 e. The molecular formula is C14H24N2O4. The predicted molar refractivity (Wildman–Crippen MR) is 73.9 cm³/mol. The van der Waals surface area contributed by atoms with Crippen LogP contribution < -0.4 is 10.6 Å². The molecule has 114 valence electrons. The monoisotopic (exact) mass is 284 g/mol. The Morgan fingerprint density at radius 3 is 2.20 bits per heavy atom. The third-order valence-electron chi connectivity index (χ3n) is 3.70. The number of hydrogen-bond donors (Lipinski definition) is 3. The van der Waals surface area contributed by atoms with Crippen molar-refractivity contribution in [2.75, 3.05) is 13.1 Å². The molecule has 3 atom stereocenters. The molecule has 1 rings (SSSR count). The first-order valence-electron chi connectivity index (χ1n) is 7.11. The van der Waals surface area contributed by atoms with E-state index >= 15 is 0 Å². The summed E-state index contributed by atoms with van der Waals surface area (Å²) >= 11 is 0. The summed E-state index contributed by atoms with van der Waals surface area (Å²) in [5, 5.41) is 14.5. The maximum Gasteiger partial charge on any atom is 0.307 e. The van der Waals surface area contributed by atoms with E-state index in [4.69, 9.17) is 5.11 Å². The van der Waals surface area contributed by atoms with Crippen LogP contribution in [0.1, 0.15) is 33.6 Å². The molecule has 0 bridgehead atoms. The second-order valence-electron chi connectivity index (χ2n) is 5.86. The molecule has 0 heterocycles. The highest BCUT2D eigenvalue weighted by molar-refractivity contribution is 5.85. The maximum atomic E-state index is 12.0. The number of amides is 2. The first kappa shape index (κ1) is 16.5. The number of carbonyl (C=O) groups is 3. The van der Waals surface area contributed by atoms with Crippen molar-refractivity contribution in [2.24, 2.45) is 23.7 Å². The Morgan fingerprint density at radius 1 is 1.10 bits per heavy atom. The highest BCUT2D eigenvalue weighted by Gasteiger charge is 2.40. The van der Waals surface area contributed by atoms with Crippen molar-refractivity contribution in [3.8, 4) is 0 Å². The van der Waals surface area contributed by atoms with E-state index in [9.17, 15) is 14.4 Å². The van der Waals surface area contributed by atoms with Crippen molar-refractivity contribution in [1.29, 1.82) is 0 Å². The molecule has 0 aromatic rings. The van der Waals surface area contributed by atoms with E-state index in [-0.39, 0.29) is 23.7 Å². The van der Waals surface area contributed by atoms with Crippen molar-refractivity contribution in [2.45, 2.75) is 33.6 Å². The molecule has 1 fully saturated rings. The minimum Gasteiger partial charge on any atom is -0.481 e. The van der Waals surface area contributed by atoms with Gasteiger partial charge < -0.3 is 15.7 Å². The molecule has 1 aliphatic carbocycles. The first-order chi connectivity index (χ1) is 9.32. The lowest BCUT2D eigenvalue weighted by Crippen LogP contribution is -2.40. The van der Waals surface area contributed by atoms with E-state index < -0.39 is 17.8 Å². The van der Waals surface area contributed by atoms with Gasteiger partial charge in [-0.1, -0.05) is 20.8 Å². The minimum absolute atomic E-state index is 0.0582. The number of carboxylic acids is 1. The van der Waals surface area contributed by atoms with Gasteiger partial charge in [-0.25, -0.2) is 0 Å². The maximum absolute atomic E-state index is 12.0. The highest BCUT2D eigenvalue weighted by atomic mass is 16.4. The summed E-state index contributed by atoms with van der Waals surface area (Å²) in [5.74, 6) is -2.05. The number of hydrogen-bond acceptors (Lipinski definition) is 3. The molecule has 0 spiro atoms. The summed E-state index contributed by atoms with van der Waals surface area (Å²) in [6.07, 6.45) is 1.17. The average Bonchev–Trinajstić information content (AvgIpc) is 2.76. The van der Waals surface area contributed by atoms with Crippen molar-refractivity contribution in [1.82, 2.24) is 10.6 Å². The van der Waals surface area contributed by atoms with E-state index in [0.29, 0.717) is 25.9 Å². The van der Waals surface area contributed by atoms with E-state index in [1.807, 2.05) is 6.92 Å². The standard InChI is InChI=1S/C14H24N2O4/c1-8(2)12(17)15-4-5-16-13(18)10-6-9(3)7-11(10)14(19)20/h8-11H,4-7H2,1-3H3,(H,15,17)(H,16,18)(H,19,20). The molecule has 6 nitrogen and oxygen atoms in total.